The monoisotopic (exact) mass is 256 g/mol. The predicted octanol–water partition coefficient (Wildman–Crippen LogP) is 3.03. The molecule has 0 saturated carbocycles. The summed E-state index contributed by atoms with van der Waals surface area (Å²) in [7, 11) is 0. The van der Waals surface area contributed by atoms with Gasteiger partial charge >= 0.3 is 0 Å². The van der Waals surface area contributed by atoms with Crippen LogP contribution in [0.1, 0.15) is 25.2 Å². The van der Waals surface area contributed by atoms with E-state index in [0.29, 0.717) is 11.7 Å². The molecule has 0 saturated heterocycles. The van der Waals surface area contributed by atoms with Crippen LogP contribution in [0.5, 0.6) is 11.5 Å². The molecule has 4 rings (SSSR count). The van der Waals surface area contributed by atoms with Crippen molar-refractivity contribution < 1.29 is 14.0 Å². The molecule has 1 aromatic heterocycles. The fraction of sp³-hybridized carbons (Fsp3) is 0.286. The fourth-order valence-electron chi connectivity index (χ4n) is 2.37. The van der Waals surface area contributed by atoms with Crippen LogP contribution in [0.15, 0.2) is 28.8 Å². The van der Waals surface area contributed by atoms with E-state index in [-0.39, 0.29) is 6.79 Å². The van der Waals surface area contributed by atoms with Crippen LogP contribution in [0.3, 0.4) is 0 Å². The number of benzene rings is 1. The number of ether oxygens (including phenoxy) is 2. The molecular formula is C14H12N2O3. The molecule has 2 aliphatic rings. The summed E-state index contributed by atoms with van der Waals surface area (Å²) in [4.78, 5) is 4.45. The molecule has 0 bridgehead atoms. The van der Waals surface area contributed by atoms with Gasteiger partial charge in [0.25, 0.3) is 5.89 Å². The topological polar surface area (TPSA) is 57.4 Å². The summed E-state index contributed by atoms with van der Waals surface area (Å²) >= 11 is 0. The Kier molecular flexibility index (Phi) is 2.30. The second kappa shape index (κ2) is 4.12. The van der Waals surface area contributed by atoms with Gasteiger partial charge < -0.3 is 14.0 Å². The number of hydrogen-bond acceptors (Lipinski definition) is 5. The van der Waals surface area contributed by atoms with Crippen molar-refractivity contribution >= 4 is 5.57 Å². The van der Waals surface area contributed by atoms with Gasteiger partial charge in [-0.3, -0.25) is 0 Å². The quantitative estimate of drug-likeness (QED) is 0.826. The zero-order valence-electron chi connectivity index (χ0n) is 10.3. The van der Waals surface area contributed by atoms with Crippen molar-refractivity contribution in [2.75, 3.05) is 6.79 Å². The van der Waals surface area contributed by atoms with Crippen molar-refractivity contribution in [3.63, 3.8) is 0 Å². The van der Waals surface area contributed by atoms with Crippen LogP contribution >= 0.6 is 0 Å². The van der Waals surface area contributed by atoms with E-state index < -0.39 is 0 Å². The van der Waals surface area contributed by atoms with E-state index in [1.54, 1.807) is 0 Å². The van der Waals surface area contributed by atoms with Gasteiger partial charge in [0, 0.05) is 11.1 Å². The Bertz CT molecular complexity index is 660. The van der Waals surface area contributed by atoms with Crippen LogP contribution in [-0.2, 0) is 0 Å². The molecule has 2 aromatic rings. The zero-order chi connectivity index (χ0) is 12.7. The third kappa shape index (κ3) is 1.78. The molecule has 5 heteroatoms. The Labute approximate surface area is 109 Å². The highest BCUT2D eigenvalue weighted by Gasteiger charge is 2.18. The van der Waals surface area contributed by atoms with Gasteiger partial charge in [-0.1, -0.05) is 11.2 Å². The van der Waals surface area contributed by atoms with E-state index in [1.165, 1.54) is 0 Å². The van der Waals surface area contributed by atoms with E-state index in [2.05, 4.69) is 16.2 Å². The first-order chi connectivity index (χ1) is 9.40. The number of aromatic nitrogens is 2. The molecule has 1 aliphatic carbocycles. The average Bonchev–Trinajstić information content (AvgIpc) is 3.18. The first-order valence-corrected chi connectivity index (χ1v) is 6.33. The molecule has 0 amide bonds. The lowest BCUT2D eigenvalue weighted by atomic mass is 10.2. The highest BCUT2D eigenvalue weighted by atomic mass is 16.7. The van der Waals surface area contributed by atoms with E-state index >= 15 is 0 Å². The zero-order valence-corrected chi connectivity index (χ0v) is 10.3. The number of hydrogen-bond donors (Lipinski definition) is 0. The minimum Gasteiger partial charge on any atom is -0.454 e. The highest BCUT2D eigenvalue weighted by Crippen LogP contribution is 2.35. The Morgan fingerprint density at radius 2 is 2.05 bits per heavy atom. The Hall–Kier alpha value is -2.30. The molecule has 0 spiro atoms. The minimum atomic E-state index is 0.267. The van der Waals surface area contributed by atoms with Crippen molar-refractivity contribution in [2.24, 2.45) is 0 Å². The third-order valence-corrected chi connectivity index (χ3v) is 3.37. The fourth-order valence-corrected chi connectivity index (χ4v) is 2.37. The number of allylic oxidation sites excluding steroid dienone is 2. The second-order valence-corrected chi connectivity index (χ2v) is 4.61. The maximum atomic E-state index is 5.35. The third-order valence-electron chi connectivity index (χ3n) is 3.37. The smallest absolute Gasteiger partial charge is 0.253 e. The van der Waals surface area contributed by atoms with Crippen LogP contribution in [0, 0.1) is 0 Å². The molecule has 96 valence electrons. The van der Waals surface area contributed by atoms with Crippen molar-refractivity contribution in [2.45, 2.75) is 19.3 Å². The summed E-state index contributed by atoms with van der Waals surface area (Å²) in [5.41, 5.74) is 2.03. The van der Waals surface area contributed by atoms with Gasteiger partial charge in [0.05, 0.1) is 0 Å². The molecule has 19 heavy (non-hydrogen) atoms. The lowest BCUT2D eigenvalue weighted by Crippen LogP contribution is -1.92. The Balaban J connectivity index is 1.69. The summed E-state index contributed by atoms with van der Waals surface area (Å²) in [6, 6.07) is 5.65. The molecule has 1 aromatic carbocycles. The van der Waals surface area contributed by atoms with Crippen molar-refractivity contribution in [3.8, 4) is 22.9 Å². The van der Waals surface area contributed by atoms with Gasteiger partial charge in [-0.2, -0.15) is 4.98 Å². The number of fused-ring (bicyclic) bond motifs is 1. The average molecular weight is 256 g/mol. The largest absolute Gasteiger partial charge is 0.454 e. The molecule has 0 radical (unpaired) electrons. The van der Waals surface area contributed by atoms with Gasteiger partial charge in [0.2, 0.25) is 12.6 Å². The first kappa shape index (κ1) is 10.6. The van der Waals surface area contributed by atoms with Crippen molar-refractivity contribution in [1.82, 2.24) is 10.1 Å². The molecule has 0 fully saturated rings. The molecule has 2 heterocycles. The van der Waals surface area contributed by atoms with Gasteiger partial charge in [-0.05, 0) is 37.5 Å². The SMILES string of the molecule is C1=C(c2nc(-c3ccc4c(c3)OCO4)no2)CCC1. The maximum Gasteiger partial charge on any atom is 0.253 e. The summed E-state index contributed by atoms with van der Waals surface area (Å²) < 4.78 is 15.9. The number of nitrogens with zero attached hydrogens (tertiary/aromatic N) is 2. The first-order valence-electron chi connectivity index (χ1n) is 6.33. The van der Waals surface area contributed by atoms with E-state index in [0.717, 1.165) is 41.9 Å². The molecule has 0 atom stereocenters. The minimum absolute atomic E-state index is 0.267. The van der Waals surface area contributed by atoms with Crippen LogP contribution in [-0.4, -0.2) is 16.9 Å². The van der Waals surface area contributed by atoms with Crippen LogP contribution < -0.4 is 9.47 Å². The van der Waals surface area contributed by atoms with E-state index in [1.807, 2.05) is 18.2 Å². The van der Waals surface area contributed by atoms with Gasteiger partial charge in [-0.25, -0.2) is 0 Å². The molecule has 0 unspecified atom stereocenters. The number of rotatable bonds is 2. The second-order valence-electron chi connectivity index (χ2n) is 4.61. The van der Waals surface area contributed by atoms with Crippen LogP contribution in [0.2, 0.25) is 0 Å². The molecule has 5 nitrogen and oxygen atoms in total. The summed E-state index contributed by atoms with van der Waals surface area (Å²) in [5.74, 6) is 2.70. The molecule has 1 aliphatic heterocycles. The summed E-state index contributed by atoms with van der Waals surface area (Å²) in [6.45, 7) is 0.267. The predicted molar refractivity (Wildman–Crippen MR) is 67.7 cm³/mol. The highest BCUT2D eigenvalue weighted by molar-refractivity contribution is 5.65. The lowest BCUT2D eigenvalue weighted by Gasteiger charge is -1.97. The maximum absolute atomic E-state index is 5.35. The van der Waals surface area contributed by atoms with E-state index in [9.17, 15) is 0 Å². The molecular weight excluding hydrogens is 244 g/mol. The van der Waals surface area contributed by atoms with Gasteiger partial charge in [-0.15, -0.1) is 0 Å². The summed E-state index contributed by atoms with van der Waals surface area (Å²) in [5, 5.41) is 4.03. The van der Waals surface area contributed by atoms with Crippen LogP contribution in [0.25, 0.3) is 17.0 Å². The Morgan fingerprint density at radius 3 is 2.95 bits per heavy atom. The van der Waals surface area contributed by atoms with Gasteiger partial charge in [0.1, 0.15) is 0 Å². The van der Waals surface area contributed by atoms with Crippen molar-refractivity contribution in [3.05, 3.63) is 30.2 Å². The van der Waals surface area contributed by atoms with Crippen LogP contribution in [0.4, 0.5) is 0 Å². The van der Waals surface area contributed by atoms with Crippen molar-refractivity contribution in [1.29, 1.82) is 0 Å². The van der Waals surface area contributed by atoms with E-state index in [4.69, 9.17) is 14.0 Å². The molecule has 0 N–H and O–H groups in total. The normalized spacial score (nSPS) is 16.7. The summed E-state index contributed by atoms with van der Waals surface area (Å²) in [6.07, 6.45) is 5.44. The van der Waals surface area contributed by atoms with Gasteiger partial charge in [0.15, 0.2) is 11.5 Å². The lowest BCUT2D eigenvalue weighted by molar-refractivity contribution is 0.174. The Morgan fingerprint density at radius 1 is 1.11 bits per heavy atom. The standard InChI is InChI=1S/C14H12N2O3/c1-2-4-9(3-1)14-15-13(16-19-14)10-5-6-11-12(7-10)18-8-17-11/h3,5-7H,1-2,4,8H2.